The maximum atomic E-state index is 6.09. The first kappa shape index (κ1) is 15.1. The molecular formula is C17H17ClN2OS. The van der Waals surface area contributed by atoms with Gasteiger partial charge in [-0.1, -0.05) is 23.7 Å². The van der Waals surface area contributed by atoms with Crippen LogP contribution >= 0.6 is 23.8 Å². The molecule has 5 heteroatoms. The molecule has 114 valence electrons. The minimum absolute atomic E-state index is 0.500. The van der Waals surface area contributed by atoms with Crippen LogP contribution < -0.4 is 15.4 Å². The average Bonchev–Trinajstić information content (AvgIpc) is 3.26. The van der Waals surface area contributed by atoms with Gasteiger partial charge in [-0.2, -0.15) is 0 Å². The molecule has 1 saturated carbocycles. The van der Waals surface area contributed by atoms with E-state index < -0.39 is 0 Å². The van der Waals surface area contributed by atoms with Crippen molar-refractivity contribution in [3.63, 3.8) is 0 Å². The lowest BCUT2D eigenvalue weighted by Gasteiger charge is -2.15. The van der Waals surface area contributed by atoms with Crippen molar-refractivity contribution >= 4 is 34.6 Å². The summed E-state index contributed by atoms with van der Waals surface area (Å²) < 4.78 is 5.96. The highest BCUT2D eigenvalue weighted by atomic mass is 35.5. The zero-order chi connectivity index (χ0) is 15.5. The average molecular weight is 333 g/mol. The Morgan fingerprint density at radius 3 is 2.77 bits per heavy atom. The molecule has 0 aliphatic heterocycles. The van der Waals surface area contributed by atoms with Gasteiger partial charge in [0.1, 0.15) is 5.75 Å². The molecule has 0 unspecified atom stereocenters. The molecule has 0 aromatic heterocycles. The van der Waals surface area contributed by atoms with Crippen LogP contribution in [0.2, 0.25) is 5.02 Å². The molecule has 0 bridgehead atoms. The number of rotatable bonds is 4. The zero-order valence-electron chi connectivity index (χ0n) is 12.2. The van der Waals surface area contributed by atoms with Crippen molar-refractivity contribution in [2.75, 3.05) is 5.32 Å². The van der Waals surface area contributed by atoms with Gasteiger partial charge >= 0.3 is 0 Å². The molecule has 1 fully saturated rings. The van der Waals surface area contributed by atoms with Crippen LogP contribution in [0.1, 0.15) is 18.4 Å². The number of halogens is 1. The van der Waals surface area contributed by atoms with E-state index in [9.17, 15) is 0 Å². The first-order valence-corrected chi connectivity index (χ1v) is 8.00. The van der Waals surface area contributed by atoms with Gasteiger partial charge in [-0.3, -0.25) is 0 Å². The number of anilines is 1. The number of aryl methyl sites for hydroxylation is 1. The van der Waals surface area contributed by atoms with Crippen LogP contribution in [0.3, 0.4) is 0 Å². The summed E-state index contributed by atoms with van der Waals surface area (Å²) >= 11 is 11.4. The molecule has 0 radical (unpaired) electrons. The predicted octanol–water partition coefficient (Wildman–Crippen LogP) is 4.89. The van der Waals surface area contributed by atoms with Gasteiger partial charge in [0.05, 0.1) is 5.69 Å². The highest BCUT2D eigenvalue weighted by Crippen LogP contribution is 2.32. The largest absolute Gasteiger partial charge is 0.455 e. The van der Waals surface area contributed by atoms with Gasteiger partial charge in [-0.05, 0) is 67.9 Å². The van der Waals surface area contributed by atoms with Crippen LogP contribution in [0, 0.1) is 6.92 Å². The lowest BCUT2D eigenvalue weighted by Crippen LogP contribution is -2.30. The van der Waals surface area contributed by atoms with Crippen molar-refractivity contribution < 1.29 is 4.74 Å². The molecule has 2 N–H and O–H groups in total. The lowest BCUT2D eigenvalue weighted by atomic mass is 10.2. The highest BCUT2D eigenvalue weighted by Gasteiger charge is 2.22. The fourth-order valence-electron chi connectivity index (χ4n) is 2.07. The minimum atomic E-state index is 0.500. The van der Waals surface area contributed by atoms with Gasteiger partial charge in [0.25, 0.3) is 0 Å². The standard InChI is InChI=1S/C17H17ClN2OS/c1-11-3-2-4-14(9-11)21-16-8-5-12(18)10-15(16)20-17(22)19-13-6-7-13/h2-5,8-10,13H,6-7H2,1H3,(H2,19,20,22). The molecule has 0 amide bonds. The predicted molar refractivity (Wildman–Crippen MR) is 95.1 cm³/mol. The Kier molecular flexibility index (Phi) is 4.50. The molecule has 2 aromatic rings. The van der Waals surface area contributed by atoms with Crippen molar-refractivity contribution in [1.82, 2.24) is 5.32 Å². The first-order valence-electron chi connectivity index (χ1n) is 7.22. The van der Waals surface area contributed by atoms with Crippen LogP contribution in [0.5, 0.6) is 11.5 Å². The van der Waals surface area contributed by atoms with E-state index in [-0.39, 0.29) is 0 Å². The zero-order valence-corrected chi connectivity index (χ0v) is 13.8. The third kappa shape index (κ3) is 4.12. The smallest absolute Gasteiger partial charge is 0.171 e. The van der Waals surface area contributed by atoms with Crippen molar-refractivity contribution in [2.45, 2.75) is 25.8 Å². The third-order valence-electron chi connectivity index (χ3n) is 3.32. The molecule has 0 heterocycles. The van der Waals surface area contributed by atoms with E-state index in [1.165, 1.54) is 12.8 Å². The lowest BCUT2D eigenvalue weighted by molar-refractivity contribution is 0.484. The molecule has 2 aromatic carbocycles. The second-order valence-electron chi connectivity index (χ2n) is 5.43. The third-order valence-corrected chi connectivity index (χ3v) is 3.77. The number of benzene rings is 2. The van der Waals surface area contributed by atoms with Gasteiger partial charge in [0.15, 0.2) is 10.9 Å². The Hall–Kier alpha value is -1.78. The Bertz CT molecular complexity index is 701. The monoisotopic (exact) mass is 332 g/mol. The van der Waals surface area contributed by atoms with Crippen molar-refractivity contribution in [3.8, 4) is 11.5 Å². The summed E-state index contributed by atoms with van der Waals surface area (Å²) in [5.74, 6) is 1.47. The van der Waals surface area contributed by atoms with Crippen molar-refractivity contribution in [3.05, 3.63) is 53.1 Å². The summed E-state index contributed by atoms with van der Waals surface area (Å²) in [6.45, 7) is 2.03. The van der Waals surface area contributed by atoms with E-state index >= 15 is 0 Å². The fourth-order valence-corrected chi connectivity index (χ4v) is 2.51. The van der Waals surface area contributed by atoms with Crippen LogP contribution in [0.4, 0.5) is 5.69 Å². The quantitative estimate of drug-likeness (QED) is 0.781. The summed E-state index contributed by atoms with van der Waals surface area (Å²) in [7, 11) is 0. The Morgan fingerprint density at radius 2 is 2.05 bits per heavy atom. The summed E-state index contributed by atoms with van der Waals surface area (Å²) in [6, 6.07) is 13.9. The second kappa shape index (κ2) is 6.55. The molecule has 3 rings (SSSR count). The molecule has 1 aliphatic carbocycles. The summed E-state index contributed by atoms with van der Waals surface area (Å²) in [4.78, 5) is 0. The summed E-state index contributed by atoms with van der Waals surface area (Å²) in [5, 5.41) is 7.64. The van der Waals surface area contributed by atoms with E-state index in [2.05, 4.69) is 10.6 Å². The van der Waals surface area contributed by atoms with Gasteiger partial charge in [0, 0.05) is 11.1 Å². The molecule has 0 saturated heterocycles. The van der Waals surface area contributed by atoms with Crippen molar-refractivity contribution in [1.29, 1.82) is 0 Å². The van der Waals surface area contributed by atoms with E-state index in [0.717, 1.165) is 17.0 Å². The molecule has 22 heavy (non-hydrogen) atoms. The summed E-state index contributed by atoms with van der Waals surface area (Å²) in [6.07, 6.45) is 2.34. The maximum Gasteiger partial charge on any atom is 0.171 e. The molecule has 0 atom stereocenters. The topological polar surface area (TPSA) is 33.3 Å². The Labute approximate surface area is 140 Å². The van der Waals surface area contributed by atoms with E-state index in [1.807, 2.05) is 43.3 Å². The normalized spacial score (nSPS) is 13.5. The van der Waals surface area contributed by atoms with Crippen LogP contribution in [0.15, 0.2) is 42.5 Å². The number of thiocarbonyl (C=S) groups is 1. The number of ether oxygens (including phenoxy) is 1. The Morgan fingerprint density at radius 1 is 1.23 bits per heavy atom. The minimum Gasteiger partial charge on any atom is -0.455 e. The van der Waals surface area contributed by atoms with Crippen LogP contribution in [-0.2, 0) is 0 Å². The summed E-state index contributed by atoms with van der Waals surface area (Å²) in [5.41, 5.74) is 1.90. The van der Waals surface area contributed by atoms with Crippen LogP contribution in [0.25, 0.3) is 0 Å². The van der Waals surface area contributed by atoms with E-state index in [4.69, 9.17) is 28.6 Å². The number of hydrogen-bond donors (Lipinski definition) is 2. The second-order valence-corrected chi connectivity index (χ2v) is 6.28. The fraction of sp³-hybridized carbons (Fsp3) is 0.235. The van der Waals surface area contributed by atoms with Gasteiger partial charge in [-0.25, -0.2) is 0 Å². The SMILES string of the molecule is Cc1cccc(Oc2ccc(Cl)cc2NC(=S)NC2CC2)c1. The molecular weight excluding hydrogens is 316 g/mol. The molecule has 1 aliphatic rings. The number of hydrogen-bond acceptors (Lipinski definition) is 2. The van der Waals surface area contributed by atoms with Gasteiger partial charge < -0.3 is 15.4 Å². The molecule has 3 nitrogen and oxygen atoms in total. The van der Waals surface area contributed by atoms with E-state index in [1.54, 1.807) is 6.07 Å². The first-order chi connectivity index (χ1) is 10.6. The number of nitrogens with one attached hydrogen (secondary N) is 2. The maximum absolute atomic E-state index is 6.09. The highest BCUT2D eigenvalue weighted by molar-refractivity contribution is 7.80. The van der Waals surface area contributed by atoms with Crippen molar-refractivity contribution in [2.24, 2.45) is 0 Å². The van der Waals surface area contributed by atoms with Crippen LogP contribution in [-0.4, -0.2) is 11.2 Å². The van der Waals surface area contributed by atoms with E-state index in [0.29, 0.717) is 21.9 Å². The Balaban J connectivity index is 1.78. The molecule has 0 spiro atoms. The van der Waals surface area contributed by atoms with Gasteiger partial charge in [-0.15, -0.1) is 0 Å². The van der Waals surface area contributed by atoms with Gasteiger partial charge in [0.2, 0.25) is 0 Å².